The second-order valence-corrected chi connectivity index (χ2v) is 8.37. The Morgan fingerprint density at radius 3 is 2.70 bits per heavy atom. The van der Waals surface area contributed by atoms with Crippen molar-refractivity contribution in [1.29, 1.82) is 5.26 Å². The lowest BCUT2D eigenvalue weighted by atomic mass is 10.1. The Bertz CT molecular complexity index is 1240. The molecule has 1 amide bonds. The fourth-order valence-corrected chi connectivity index (χ4v) is 4.21. The third-order valence-electron chi connectivity index (χ3n) is 6.01. The van der Waals surface area contributed by atoms with Gasteiger partial charge in [0, 0.05) is 31.9 Å². The van der Waals surface area contributed by atoms with E-state index >= 15 is 0 Å². The van der Waals surface area contributed by atoms with Crippen LogP contribution in [0.15, 0.2) is 47.4 Å². The Labute approximate surface area is 193 Å². The number of hydrogen-bond acceptors (Lipinski definition) is 5. The number of aryl methyl sites for hydroxylation is 1. The highest BCUT2D eigenvalue weighted by atomic mass is 16.2. The van der Waals surface area contributed by atoms with E-state index in [-0.39, 0.29) is 11.5 Å². The standard InChI is InChI=1S/C25H28N6O2/c1-3-9-29-10-4-11-30(13-12-29)25(33)20-6-8-22(27-17-20)23-15-24(32)31(28-23)21-7-5-19(16-26)18(2)14-21/h5-8,14-15,17,28H,3-4,9-13H2,1-2H3. The van der Waals surface area contributed by atoms with Crippen molar-refractivity contribution in [2.24, 2.45) is 0 Å². The molecule has 0 bridgehead atoms. The van der Waals surface area contributed by atoms with Crippen molar-refractivity contribution in [1.82, 2.24) is 24.6 Å². The van der Waals surface area contributed by atoms with Gasteiger partial charge in [-0.25, -0.2) is 4.68 Å². The predicted octanol–water partition coefficient (Wildman–Crippen LogP) is 2.97. The Kier molecular flexibility index (Phi) is 6.71. The van der Waals surface area contributed by atoms with Crippen molar-refractivity contribution in [3.8, 4) is 23.1 Å². The Morgan fingerprint density at radius 2 is 2.00 bits per heavy atom. The minimum atomic E-state index is -0.225. The second kappa shape index (κ2) is 9.84. The van der Waals surface area contributed by atoms with Gasteiger partial charge in [-0.2, -0.15) is 5.26 Å². The van der Waals surface area contributed by atoms with Crippen LogP contribution in [0.4, 0.5) is 0 Å². The number of amides is 1. The number of nitrogens with one attached hydrogen (secondary N) is 1. The lowest BCUT2D eigenvalue weighted by molar-refractivity contribution is 0.0761. The van der Waals surface area contributed by atoms with E-state index in [1.54, 1.807) is 36.5 Å². The van der Waals surface area contributed by atoms with Crippen LogP contribution in [0.2, 0.25) is 0 Å². The van der Waals surface area contributed by atoms with Crippen molar-refractivity contribution < 1.29 is 4.79 Å². The second-order valence-electron chi connectivity index (χ2n) is 8.37. The van der Waals surface area contributed by atoms with E-state index in [2.05, 4.69) is 28.0 Å². The van der Waals surface area contributed by atoms with Crippen LogP contribution in [0.25, 0.3) is 17.1 Å². The number of hydrogen-bond donors (Lipinski definition) is 1. The van der Waals surface area contributed by atoms with E-state index in [1.165, 1.54) is 10.7 Å². The van der Waals surface area contributed by atoms with Gasteiger partial charge in [0.05, 0.1) is 34.3 Å². The molecule has 3 heterocycles. The Hall–Kier alpha value is -3.70. The molecule has 0 saturated carbocycles. The molecule has 2 aromatic heterocycles. The van der Waals surface area contributed by atoms with E-state index < -0.39 is 0 Å². The summed E-state index contributed by atoms with van der Waals surface area (Å²) in [5.74, 6) is -0.00785. The number of rotatable bonds is 5. The summed E-state index contributed by atoms with van der Waals surface area (Å²) in [7, 11) is 0. The molecule has 1 aromatic carbocycles. The molecular formula is C25H28N6O2. The molecule has 8 heteroatoms. The molecule has 170 valence electrons. The van der Waals surface area contributed by atoms with Gasteiger partial charge in [-0.05, 0) is 68.8 Å². The van der Waals surface area contributed by atoms with Crippen LogP contribution >= 0.6 is 0 Å². The number of benzene rings is 1. The molecule has 0 aliphatic carbocycles. The van der Waals surface area contributed by atoms with Crippen LogP contribution in [-0.4, -0.2) is 63.2 Å². The van der Waals surface area contributed by atoms with Crippen molar-refractivity contribution >= 4 is 5.91 Å². The van der Waals surface area contributed by atoms with Gasteiger partial charge in [-0.3, -0.25) is 19.7 Å². The molecule has 1 aliphatic rings. The predicted molar refractivity (Wildman–Crippen MR) is 126 cm³/mol. The van der Waals surface area contributed by atoms with Gasteiger partial charge in [0.15, 0.2) is 0 Å². The molecule has 0 spiro atoms. The van der Waals surface area contributed by atoms with E-state index in [1.807, 2.05) is 11.8 Å². The van der Waals surface area contributed by atoms with Gasteiger partial charge in [0.1, 0.15) is 0 Å². The largest absolute Gasteiger partial charge is 0.337 e. The number of pyridine rings is 1. The summed E-state index contributed by atoms with van der Waals surface area (Å²) in [4.78, 5) is 34.3. The number of aromatic nitrogens is 3. The number of nitrogens with zero attached hydrogens (tertiary/aromatic N) is 5. The van der Waals surface area contributed by atoms with Crippen LogP contribution in [0.1, 0.15) is 41.3 Å². The molecule has 33 heavy (non-hydrogen) atoms. The lowest BCUT2D eigenvalue weighted by Gasteiger charge is -2.21. The zero-order chi connectivity index (χ0) is 23.4. The van der Waals surface area contributed by atoms with Crippen molar-refractivity contribution in [3.05, 3.63) is 69.6 Å². The summed E-state index contributed by atoms with van der Waals surface area (Å²) < 4.78 is 1.42. The molecular weight excluding hydrogens is 416 g/mol. The first-order valence-electron chi connectivity index (χ1n) is 11.3. The highest BCUT2D eigenvalue weighted by molar-refractivity contribution is 5.94. The maximum Gasteiger partial charge on any atom is 0.271 e. The highest BCUT2D eigenvalue weighted by Crippen LogP contribution is 2.17. The highest BCUT2D eigenvalue weighted by Gasteiger charge is 2.20. The first-order valence-corrected chi connectivity index (χ1v) is 11.3. The SMILES string of the molecule is CCCN1CCCN(C(=O)c2ccc(-c3cc(=O)n(-c4ccc(C#N)c(C)c4)[nH]3)nc2)CC1. The lowest BCUT2D eigenvalue weighted by Crippen LogP contribution is -2.35. The van der Waals surface area contributed by atoms with Crippen LogP contribution in [0.3, 0.4) is 0 Å². The Morgan fingerprint density at radius 1 is 1.15 bits per heavy atom. The van der Waals surface area contributed by atoms with Crippen LogP contribution in [0, 0.1) is 18.3 Å². The molecule has 3 aromatic rings. The van der Waals surface area contributed by atoms with E-state index in [0.717, 1.165) is 51.1 Å². The van der Waals surface area contributed by atoms with Crippen molar-refractivity contribution in [2.45, 2.75) is 26.7 Å². The summed E-state index contributed by atoms with van der Waals surface area (Å²) in [5, 5.41) is 12.2. The maximum absolute atomic E-state index is 13.0. The monoisotopic (exact) mass is 444 g/mol. The molecule has 1 fully saturated rings. The zero-order valence-electron chi connectivity index (χ0n) is 19.0. The summed E-state index contributed by atoms with van der Waals surface area (Å²) >= 11 is 0. The van der Waals surface area contributed by atoms with Crippen LogP contribution in [0.5, 0.6) is 0 Å². The number of carbonyl (C=O) groups is 1. The first kappa shape index (κ1) is 22.5. The van der Waals surface area contributed by atoms with Crippen molar-refractivity contribution in [3.63, 3.8) is 0 Å². The first-order chi connectivity index (χ1) is 16.0. The molecule has 4 rings (SSSR count). The van der Waals surface area contributed by atoms with Crippen LogP contribution < -0.4 is 5.56 Å². The van der Waals surface area contributed by atoms with Crippen LogP contribution in [-0.2, 0) is 0 Å². The van der Waals surface area contributed by atoms with Gasteiger partial charge in [0.2, 0.25) is 0 Å². The summed E-state index contributed by atoms with van der Waals surface area (Å²) in [6, 6.07) is 12.3. The number of aromatic amines is 1. The fourth-order valence-electron chi connectivity index (χ4n) is 4.21. The topological polar surface area (TPSA) is 98.0 Å². The minimum Gasteiger partial charge on any atom is -0.337 e. The van der Waals surface area contributed by atoms with Gasteiger partial charge < -0.3 is 9.80 Å². The van der Waals surface area contributed by atoms with Crippen molar-refractivity contribution in [2.75, 3.05) is 32.7 Å². The molecule has 0 unspecified atom stereocenters. The fraction of sp³-hybridized carbons (Fsp3) is 0.360. The Balaban J connectivity index is 1.50. The minimum absolute atomic E-state index is 0.00785. The number of nitriles is 1. The molecule has 0 radical (unpaired) electrons. The molecule has 1 N–H and O–H groups in total. The summed E-state index contributed by atoms with van der Waals surface area (Å²) in [6.07, 6.45) is 3.67. The van der Waals surface area contributed by atoms with Gasteiger partial charge in [-0.1, -0.05) is 6.92 Å². The normalized spacial score (nSPS) is 14.6. The van der Waals surface area contributed by atoms with E-state index in [0.29, 0.717) is 28.2 Å². The summed E-state index contributed by atoms with van der Waals surface area (Å²) in [5.41, 5.74) is 3.48. The van der Waals surface area contributed by atoms with Gasteiger partial charge >= 0.3 is 0 Å². The average molecular weight is 445 g/mol. The third kappa shape index (κ3) is 4.89. The maximum atomic E-state index is 13.0. The van der Waals surface area contributed by atoms with Gasteiger partial charge in [-0.15, -0.1) is 0 Å². The molecule has 1 saturated heterocycles. The number of H-pyrrole nitrogens is 1. The molecule has 1 aliphatic heterocycles. The quantitative estimate of drug-likeness (QED) is 0.652. The van der Waals surface area contributed by atoms with E-state index in [9.17, 15) is 9.59 Å². The van der Waals surface area contributed by atoms with E-state index in [4.69, 9.17) is 5.26 Å². The average Bonchev–Trinajstić information content (AvgIpc) is 3.06. The smallest absolute Gasteiger partial charge is 0.271 e. The molecule has 8 nitrogen and oxygen atoms in total. The zero-order valence-corrected chi connectivity index (χ0v) is 19.0. The molecule has 0 atom stereocenters. The third-order valence-corrected chi connectivity index (χ3v) is 6.01. The number of carbonyl (C=O) groups excluding carboxylic acids is 1. The summed E-state index contributed by atoms with van der Waals surface area (Å²) in [6.45, 7) is 8.47. The van der Waals surface area contributed by atoms with Gasteiger partial charge in [0.25, 0.3) is 11.5 Å².